The van der Waals surface area contributed by atoms with Gasteiger partial charge in [-0.05, 0) is 24.6 Å². The van der Waals surface area contributed by atoms with Crippen LogP contribution in [0.5, 0.6) is 5.75 Å². The van der Waals surface area contributed by atoms with E-state index in [1.165, 1.54) is 0 Å². The van der Waals surface area contributed by atoms with Crippen LogP contribution in [0.1, 0.15) is 12.5 Å². The number of aliphatic hydroxyl groups is 1. The Balaban J connectivity index is 2.59. The van der Waals surface area contributed by atoms with Crippen molar-refractivity contribution in [3.63, 3.8) is 0 Å². The lowest BCUT2D eigenvalue weighted by Gasteiger charge is -2.11. The predicted molar refractivity (Wildman–Crippen MR) is 61.4 cm³/mol. The summed E-state index contributed by atoms with van der Waals surface area (Å²) in [4.78, 5) is 0. The minimum atomic E-state index is 0.0888. The van der Waals surface area contributed by atoms with Gasteiger partial charge in [-0.2, -0.15) is 0 Å². The topological polar surface area (TPSA) is 41.5 Å². The molecule has 15 heavy (non-hydrogen) atoms. The summed E-state index contributed by atoms with van der Waals surface area (Å²) in [5.74, 6) is 0.677. The molecule has 0 saturated heterocycles. The first kappa shape index (κ1) is 12.3. The molecule has 0 spiro atoms. The van der Waals surface area contributed by atoms with Crippen LogP contribution in [-0.2, 0) is 6.54 Å². The van der Waals surface area contributed by atoms with E-state index in [4.69, 9.17) is 21.4 Å². The third-order valence-electron chi connectivity index (χ3n) is 2.14. The van der Waals surface area contributed by atoms with E-state index >= 15 is 0 Å². The van der Waals surface area contributed by atoms with Crippen LogP contribution in [0.4, 0.5) is 0 Å². The summed E-state index contributed by atoms with van der Waals surface area (Å²) in [7, 11) is 1.59. The molecule has 1 rings (SSSR count). The molecule has 0 unspecified atom stereocenters. The number of benzene rings is 1. The molecule has 1 atom stereocenters. The lowest BCUT2D eigenvalue weighted by atomic mass is 10.2. The molecule has 0 aliphatic carbocycles. The van der Waals surface area contributed by atoms with Crippen molar-refractivity contribution in [2.45, 2.75) is 19.5 Å². The Morgan fingerprint density at radius 1 is 1.53 bits per heavy atom. The van der Waals surface area contributed by atoms with E-state index < -0.39 is 0 Å². The largest absolute Gasteiger partial charge is 0.495 e. The minimum Gasteiger partial charge on any atom is -0.495 e. The molecule has 0 aromatic heterocycles. The smallest absolute Gasteiger partial charge is 0.137 e. The highest BCUT2D eigenvalue weighted by molar-refractivity contribution is 6.32. The van der Waals surface area contributed by atoms with Crippen LogP contribution in [0.25, 0.3) is 0 Å². The number of aliphatic hydroxyl groups excluding tert-OH is 1. The minimum absolute atomic E-state index is 0.0888. The molecule has 0 aliphatic rings. The van der Waals surface area contributed by atoms with Crippen LogP contribution >= 0.6 is 11.6 Å². The van der Waals surface area contributed by atoms with Crippen molar-refractivity contribution in [3.05, 3.63) is 28.8 Å². The molecule has 84 valence electrons. The van der Waals surface area contributed by atoms with Gasteiger partial charge in [-0.1, -0.05) is 17.7 Å². The van der Waals surface area contributed by atoms with Gasteiger partial charge in [0.05, 0.1) is 18.7 Å². The molecule has 0 bridgehead atoms. The fourth-order valence-corrected chi connectivity index (χ4v) is 1.46. The van der Waals surface area contributed by atoms with E-state index in [0.29, 0.717) is 17.3 Å². The quantitative estimate of drug-likeness (QED) is 0.810. The molecule has 1 aromatic carbocycles. The van der Waals surface area contributed by atoms with Gasteiger partial charge in [-0.25, -0.2) is 0 Å². The predicted octanol–water partition coefficient (Wildman–Crippen LogP) is 1.82. The summed E-state index contributed by atoms with van der Waals surface area (Å²) in [6.45, 7) is 2.74. The zero-order valence-electron chi connectivity index (χ0n) is 8.96. The maximum Gasteiger partial charge on any atom is 0.137 e. The standard InChI is InChI=1S/C11H16ClNO2/c1-8(7-14)13-6-9-3-4-11(15-2)10(12)5-9/h3-5,8,13-14H,6-7H2,1-2H3/t8-/m0/s1. The van der Waals surface area contributed by atoms with Gasteiger partial charge in [0.15, 0.2) is 0 Å². The van der Waals surface area contributed by atoms with Gasteiger partial charge >= 0.3 is 0 Å². The number of hydrogen-bond acceptors (Lipinski definition) is 3. The molecule has 0 saturated carbocycles. The second-order valence-electron chi connectivity index (χ2n) is 3.43. The maximum absolute atomic E-state index is 8.84. The Hall–Kier alpha value is -0.770. The van der Waals surface area contributed by atoms with Gasteiger partial charge in [0.2, 0.25) is 0 Å². The third-order valence-corrected chi connectivity index (χ3v) is 2.44. The number of ether oxygens (including phenoxy) is 1. The molecule has 0 aliphatic heterocycles. The fraction of sp³-hybridized carbons (Fsp3) is 0.455. The van der Waals surface area contributed by atoms with Crippen LogP contribution in [0.15, 0.2) is 18.2 Å². The molecule has 0 amide bonds. The number of methoxy groups -OCH3 is 1. The Morgan fingerprint density at radius 3 is 2.80 bits per heavy atom. The van der Waals surface area contributed by atoms with Crippen molar-refractivity contribution in [1.29, 1.82) is 0 Å². The number of nitrogens with one attached hydrogen (secondary N) is 1. The van der Waals surface area contributed by atoms with E-state index in [9.17, 15) is 0 Å². The lowest BCUT2D eigenvalue weighted by molar-refractivity contribution is 0.251. The van der Waals surface area contributed by atoms with Crippen molar-refractivity contribution < 1.29 is 9.84 Å². The third kappa shape index (κ3) is 3.70. The van der Waals surface area contributed by atoms with Gasteiger partial charge in [-0.15, -0.1) is 0 Å². The average molecular weight is 230 g/mol. The van der Waals surface area contributed by atoms with E-state index in [2.05, 4.69) is 5.32 Å². The SMILES string of the molecule is COc1ccc(CN[C@@H](C)CO)cc1Cl. The zero-order chi connectivity index (χ0) is 11.3. The second-order valence-corrected chi connectivity index (χ2v) is 3.84. The van der Waals surface area contributed by atoms with Crippen molar-refractivity contribution in [2.24, 2.45) is 0 Å². The van der Waals surface area contributed by atoms with E-state index in [-0.39, 0.29) is 12.6 Å². The van der Waals surface area contributed by atoms with Gasteiger partial charge < -0.3 is 15.2 Å². The molecule has 1 aromatic rings. The second kappa shape index (κ2) is 5.95. The van der Waals surface area contributed by atoms with Gasteiger partial charge in [0.25, 0.3) is 0 Å². The van der Waals surface area contributed by atoms with Crippen LogP contribution in [-0.4, -0.2) is 24.9 Å². The Kier molecular flexibility index (Phi) is 4.88. The van der Waals surface area contributed by atoms with Gasteiger partial charge in [0.1, 0.15) is 5.75 Å². The number of hydrogen-bond donors (Lipinski definition) is 2. The summed E-state index contributed by atoms with van der Waals surface area (Å²) in [6, 6.07) is 5.73. The van der Waals surface area contributed by atoms with E-state index in [1.54, 1.807) is 7.11 Å². The highest BCUT2D eigenvalue weighted by Crippen LogP contribution is 2.24. The van der Waals surface area contributed by atoms with Crippen LogP contribution in [0, 0.1) is 0 Å². The summed E-state index contributed by atoms with van der Waals surface area (Å²) in [6.07, 6.45) is 0. The highest BCUT2D eigenvalue weighted by Gasteiger charge is 2.03. The average Bonchev–Trinajstić information content (AvgIpc) is 2.26. The lowest BCUT2D eigenvalue weighted by Crippen LogP contribution is -2.28. The molecule has 2 N–H and O–H groups in total. The summed E-state index contributed by atoms with van der Waals surface area (Å²) in [5, 5.41) is 12.6. The molecule has 0 radical (unpaired) electrons. The van der Waals surface area contributed by atoms with Crippen molar-refractivity contribution in [1.82, 2.24) is 5.32 Å². The maximum atomic E-state index is 8.84. The van der Waals surface area contributed by atoms with Crippen LogP contribution < -0.4 is 10.1 Å². The first-order chi connectivity index (χ1) is 7.17. The molecular weight excluding hydrogens is 214 g/mol. The molecule has 4 heteroatoms. The molecule has 0 heterocycles. The highest BCUT2D eigenvalue weighted by atomic mass is 35.5. The normalized spacial score (nSPS) is 12.5. The zero-order valence-corrected chi connectivity index (χ0v) is 9.71. The van der Waals surface area contributed by atoms with Crippen LogP contribution in [0.2, 0.25) is 5.02 Å². The molecular formula is C11H16ClNO2. The molecule has 3 nitrogen and oxygen atoms in total. The van der Waals surface area contributed by atoms with Gasteiger partial charge in [-0.3, -0.25) is 0 Å². The first-order valence-corrected chi connectivity index (χ1v) is 5.21. The van der Waals surface area contributed by atoms with Gasteiger partial charge in [0, 0.05) is 12.6 Å². The summed E-state index contributed by atoms with van der Waals surface area (Å²) < 4.78 is 5.05. The fourth-order valence-electron chi connectivity index (χ4n) is 1.18. The number of halogens is 1. The Bertz CT molecular complexity index is 317. The Morgan fingerprint density at radius 2 is 2.27 bits per heavy atom. The molecule has 0 fully saturated rings. The monoisotopic (exact) mass is 229 g/mol. The van der Waals surface area contributed by atoms with E-state index in [0.717, 1.165) is 5.56 Å². The van der Waals surface area contributed by atoms with Crippen molar-refractivity contribution in [3.8, 4) is 5.75 Å². The number of rotatable bonds is 5. The Labute approximate surface area is 95.0 Å². The van der Waals surface area contributed by atoms with E-state index in [1.807, 2.05) is 25.1 Å². The summed E-state index contributed by atoms with van der Waals surface area (Å²) in [5.41, 5.74) is 1.07. The van der Waals surface area contributed by atoms with Crippen molar-refractivity contribution >= 4 is 11.6 Å². The van der Waals surface area contributed by atoms with Crippen molar-refractivity contribution in [2.75, 3.05) is 13.7 Å². The van der Waals surface area contributed by atoms with Crippen LogP contribution in [0.3, 0.4) is 0 Å². The summed E-state index contributed by atoms with van der Waals surface area (Å²) >= 11 is 5.98. The first-order valence-electron chi connectivity index (χ1n) is 4.84.